The number of amides is 1. The number of rotatable bonds is 10. The minimum Gasteiger partial charge on any atom is -0.357 e. The molecule has 0 bridgehead atoms. The lowest BCUT2D eigenvalue weighted by atomic mass is 10.2. The summed E-state index contributed by atoms with van der Waals surface area (Å²) in [6.45, 7) is 9.92. The zero-order chi connectivity index (χ0) is 20.2. The van der Waals surface area contributed by atoms with Crippen LogP contribution in [0.15, 0.2) is 41.4 Å². The number of guanidine groups is 1. The molecule has 28 heavy (non-hydrogen) atoms. The van der Waals surface area contributed by atoms with Crippen LogP contribution in [0.5, 0.6) is 0 Å². The van der Waals surface area contributed by atoms with E-state index in [9.17, 15) is 4.79 Å². The van der Waals surface area contributed by atoms with Crippen LogP contribution in [-0.4, -0.2) is 47.8 Å². The highest BCUT2D eigenvalue weighted by molar-refractivity contribution is 5.94. The van der Waals surface area contributed by atoms with Crippen molar-refractivity contribution in [2.75, 3.05) is 26.2 Å². The Hall–Kier alpha value is -2.83. The summed E-state index contributed by atoms with van der Waals surface area (Å²) < 4.78 is 2.03. The van der Waals surface area contributed by atoms with Gasteiger partial charge in [0.15, 0.2) is 5.96 Å². The topological polar surface area (TPSA) is 83.3 Å². The van der Waals surface area contributed by atoms with Gasteiger partial charge in [-0.1, -0.05) is 18.2 Å². The predicted molar refractivity (Wildman–Crippen MR) is 114 cm³/mol. The van der Waals surface area contributed by atoms with Gasteiger partial charge in [-0.2, -0.15) is 5.10 Å². The number of carbonyl (C=O) groups is 1. The van der Waals surface area contributed by atoms with E-state index in [1.807, 2.05) is 48.9 Å². The van der Waals surface area contributed by atoms with Gasteiger partial charge in [0.2, 0.25) is 0 Å². The van der Waals surface area contributed by atoms with Crippen LogP contribution in [-0.2, 0) is 6.54 Å². The molecule has 2 aromatic rings. The van der Waals surface area contributed by atoms with Crippen LogP contribution in [0, 0.1) is 13.8 Å². The number of aromatic nitrogens is 2. The molecule has 3 N–H and O–H groups in total. The molecule has 0 saturated carbocycles. The molecule has 0 fully saturated rings. The smallest absolute Gasteiger partial charge is 0.251 e. The van der Waals surface area contributed by atoms with Crippen molar-refractivity contribution in [2.24, 2.45) is 4.99 Å². The fourth-order valence-electron chi connectivity index (χ4n) is 2.84. The molecule has 1 aromatic carbocycles. The normalized spacial score (nSPS) is 11.3. The van der Waals surface area contributed by atoms with Crippen LogP contribution in [0.4, 0.5) is 0 Å². The molecular formula is C21H32N6O. The summed E-state index contributed by atoms with van der Waals surface area (Å²) in [5, 5.41) is 14.0. The van der Waals surface area contributed by atoms with E-state index in [0.717, 1.165) is 50.7 Å². The van der Waals surface area contributed by atoms with Gasteiger partial charge in [-0.05, 0) is 51.8 Å². The molecule has 0 aliphatic carbocycles. The fourth-order valence-corrected chi connectivity index (χ4v) is 2.84. The zero-order valence-corrected chi connectivity index (χ0v) is 17.2. The van der Waals surface area contributed by atoms with Gasteiger partial charge in [0.05, 0.1) is 5.69 Å². The Morgan fingerprint density at radius 3 is 2.50 bits per heavy atom. The molecule has 0 aliphatic rings. The number of aliphatic imine (C=N–C) groups is 1. The van der Waals surface area contributed by atoms with E-state index in [1.165, 1.54) is 5.69 Å². The standard InChI is InChI=1S/C21H32N6O/c1-4-22-21(25-14-9-15-27-18(3)16-17(2)26-27)24-13-8-12-23-20(28)19-10-6-5-7-11-19/h5-7,10-11,16H,4,8-9,12-15H2,1-3H3,(H,23,28)(H2,22,24,25). The van der Waals surface area contributed by atoms with Crippen molar-refractivity contribution >= 4 is 11.9 Å². The van der Waals surface area contributed by atoms with Gasteiger partial charge in [0.1, 0.15) is 0 Å². The molecule has 0 unspecified atom stereocenters. The SMILES string of the molecule is CCNC(=NCCCn1nc(C)cc1C)NCCCNC(=O)c1ccccc1. The van der Waals surface area contributed by atoms with Gasteiger partial charge in [-0.25, -0.2) is 0 Å². The second-order valence-corrected chi connectivity index (χ2v) is 6.67. The summed E-state index contributed by atoms with van der Waals surface area (Å²) in [7, 11) is 0. The Morgan fingerprint density at radius 2 is 1.82 bits per heavy atom. The van der Waals surface area contributed by atoms with Gasteiger partial charge in [0.25, 0.3) is 5.91 Å². The van der Waals surface area contributed by atoms with Crippen LogP contribution in [0.2, 0.25) is 0 Å². The zero-order valence-electron chi connectivity index (χ0n) is 17.2. The Balaban J connectivity index is 1.65. The third-order valence-corrected chi connectivity index (χ3v) is 4.21. The second kappa shape index (κ2) is 11.8. The maximum absolute atomic E-state index is 12.0. The summed E-state index contributed by atoms with van der Waals surface area (Å²) >= 11 is 0. The van der Waals surface area contributed by atoms with Gasteiger partial charge in [-0.3, -0.25) is 14.5 Å². The number of hydrogen-bond donors (Lipinski definition) is 3. The second-order valence-electron chi connectivity index (χ2n) is 6.67. The van der Waals surface area contributed by atoms with E-state index < -0.39 is 0 Å². The largest absolute Gasteiger partial charge is 0.357 e. The molecule has 0 aliphatic heterocycles. The van der Waals surface area contributed by atoms with E-state index in [2.05, 4.69) is 39.0 Å². The predicted octanol–water partition coefficient (Wildman–Crippen LogP) is 2.27. The van der Waals surface area contributed by atoms with Crippen LogP contribution in [0.1, 0.15) is 41.5 Å². The average molecular weight is 385 g/mol. The van der Waals surface area contributed by atoms with E-state index in [-0.39, 0.29) is 5.91 Å². The van der Waals surface area contributed by atoms with E-state index >= 15 is 0 Å². The number of carbonyl (C=O) groups excluding carboxylic acids is 1. The number of nitrogens with zero attached hydrogens (tertiary/aromatic N) is 3. The van der Waals surface area contributed by atoms with Crippen molar-refractivity contribution < 1.29 is 4.79 Å². The maximum atomic E-state index is 12.0. The molecule has 1 heterocycles. The van der Waals surface area contributed by atoms with Gasteiger partial charge in [-0.15, -0.1) is 0 Å². The summed E-state index contributed by atoms with van der Waals surface area (Å²) in [5.41, 5.74) is 2.92. The minimum atomic E-state index is -0.0367. The molecule has 0 spiro atoms. The molecular weight excluding hydrogens is 352 g/mol. The summed E-state index contributed by atoms with van der Waals surface area (Å²) in [5.74, 6) is 0.774. The van der Waals surface area contributed by atoms with Gasteiger partial charge < -0.3 is 16.0 Å². The van der Waals surface area contributed by atoms with Crippen molar-refractivity contribution in [2.45, 2.75) is 40.2 Å². The van der Waals surface area contributed by atoms with E-state index in [4.69, 9.17) is 0 Å². The highest BCUT2D eigenvalue weighted by Crippen LogP contribution is 2.02. The number of aryl methyl sites for hydroxylation is 3. The van der Waals surface area contributed by atoms with Crippen LogP contribution in [0.25, 0.3) is 0 Å². The van der Waals surface area contributed by atoms with Gasteiger partial charge in [0, 0.05) is 44.0 Å². The Labute approximate surface area is 167 Å². The van der Waals surface area contributed by atoms with Crippen molar-refractivity contribution in [3.63, 3.8) is 0 Å². The summed E-state index contributed by atoms with van der Waals surface area (Å²) in [4.78, 5) is 16.6. The van der Waals surface area contributed by atoms with Crippen LogP contribution >= 0.6 is 0 Å². The van der Waals surface area contributed by atoms with E-state index in [0.29, 0.717) is 12.1 Å². The first-order valence-corrected chi connectivity index (χ1v) is 9.96. The Bertz CT molecular complexity index is 754. The first-order chi connectivity index (χ1) is 13.6. The molecule has 7 heteroatoms. The van der Waals surface area contributed by atoms with Crippen molar-refractivity contribution in [3.8, 4) is 0 Å². The quantitative estimate of drug-likeness (QED) is 0.333. The molecule has 1 aromatic heterocycles. The number of hydrogen-bond acceptors (Lipinski definition) is 3. The number of benzene rings is 1. The van der Waals surface area contributed by atoms with Crippen molar-refractivity contribution in [3.05, 3.63) is 53.3 Å². The fraction of sp³-hybridized carbons (Fsp3) is 0.476. The van der Waals surface area contributed by atoms with Crippen molar-refractivity contribution in [1.82, 2.24) is 25.7 Å². The summed E-state index contributed by atoms with van der Waals surface area (Å²) in [6, 6.07) is 11.4. The van der Waals surface area contributed by atoms with Crippen molar-refractivity contribution in [1.29, 1.82) is 0 Å². The molecule has 2 rings (SSSR count). The Kier molecular flexibility index (Phi) is 9.04. The first kappa shape index (κ1) is 21.5. The molecule has 7 nitrogen and oxygen atoms in total. The first-order valence-electron chi connectivity index (χ1n) is 9.96. The molecule has 0 atom stereocenters. The summed E-state index contributed by atoms with van der Waals surface area (Å²) in [6.07, 6.45) is 1.76. The average Bonchev–Trinajstić information content (AvgIpc) is 3.02. The third-order valence-electron chi connectivity index (χ3n) is 4.21. The van der Waals surface area contributed by atoms with Crippen LogP contribution in [0.3, 0.4) is 0 Å². The van der Waals surface area contributed by atoms with Gasteiger partial charge >= 0.3 is 0 Å². The minimum absolute atomic E-state index is 0.0367. The van der Waals surface area contributed by atoms with Crippen LogP contribution < -0.4 is 16.0 Å². The Morgan fingerprint density at radius 1 is 1.07 bits per heavy atom. The number of nitrogens with one attached hydrogen (secondary N) is 3. The lowest BCUT2D eigenvalue weighted by Crippen LogP contribution is -2.39. The van der Waals surface area contributed by atoms with E-state index in [1.54, 1.807) is 0 Å². The highest BCUT2D eigenvalue weighted by Gasteiger charge is 2.03. The molecule has 152 valence electrons. The highest BCUT2D eigenvalue weighted by atomic mass is 16.1. The molecule has 0 saturated heterocycles. The monoisotopic (exact) mass is 384 g/mol. The molecule has 1 amide bonds. The maximum Gasteiger partial charge on any atom is 0.251 e. The lowest BCUT2D eigenvalue weighted by molar-refractivity contribution is 0.0953. The lowest BCUT2D eigenvalue weighted by Gasteiger charge is -2.12. The third kappa shape index (κ3) is 7.42. The molecule has 0 radical (unpaired) electrons.